The van der Waals surface area contributed by atoms with Gasteiger partial charge < -0.3 is 24.3 Å². The number of pyridine rings is 1. The molecule has 1 aliphatic carbocycles. The molecule has 0 radical (unpaired) electrons. The van der Waals surface area contributed by atoms with Gasteiger partial charge in [0.25, 0.3) is 0 Å². The van der Waals surface area contributed by atoms with Crippen molar-refractivity contribution in [3.63, 3.8) is 0 Å². The number of aromatic nitrogens is 1. The molecule has 3 fully saturated rings. The van der Waals surface area contributed by atoms with Crippen molar-refractivity contribution in [2.75, 3.05) is 46.8 Å². The molecule has 4 rings (SSSR count). The first-order chi connectivity index (χ1) is 16.9. The highest BCUT2D eigenvalue weighted by Crippen LogP contribution is 2.26. The molecule has 1 aromatic rings. The Morgan fingerprint density at radius 1 is 1.00 bits per heavy atom. The minimum atomic E-state index is -0.240. The number of nitrogens with zero attached hydrogens (tertiary/aromatic N) is 5. The molecule has 9 heteroatoms. The maximum absolute atomic E-state index is 13.5. The second-order valence-corrected chi connectivity index (χ2v) is 10.3. The van der Waals surface area contributed by atoms with Gasteiger partial charge in [-0.05, 0) is 43.4 Å². The maximum Gasteiger partial charge on any atom is 0.319 e. The molecule has 192 valence electrons. The SMILES string of the molecule is CN(C)C(=O)N1CCC(C(=O)N2CC(=O)N(C3CCCCC3)C[C@H](OCc3ccncc3)C2)CC1. The molecule has 1 atom stereocenters. The molecule has 3 aliphatic rings. The van der Waals surface area contributed by atoms with Crippen LogP contribution in [0, 0.1) is 5.92 Å². The molecule has 1 aromatic heterocycles. The standard InChI is InChI=1S/C26H39N5O4/c1-28(2)26(34)29-14-10-21(11-15-29)25(33)30-16-23(35-19-20-8-12-27-13-9-20)17-31(24(32)18-30)22-6-4-3-5-7-22/h8-9,12-13,21-23H,3-7,10-11,14-19H2,1-2H3/t23-/m1/s1. The zero-order valence-corrected chi connectivity index (χ0v) is 21.1. The summed E-state index contributed by atoms with van der Waals surface area (Å²) in [4.78, 5) is 50.3. The highest BCUT2D eigenvalue weighted by atomic mass is 16.5. The summed E-state index contributed by atoms with van der Waals surface area (Å²) in [7, 11) is 3.49. The van der Waals surface area contributed by atoms with Gasteiger partial charge in [-0.1, -0.05) is 19.3 Å². The molecule has 0 bridgehead atoms. The third-order valence-corrected chi connectivity index (χ3v) is 7.53. The van der Waals surface area contributed by atoms with E-state index in [9.17, 15) is 14.4 Å². The molecule has 0 spiro atoms. The van der Waals surface area contributed by atoms with Crippen molar-refractivity contribution in [3.8, 4) is 0 Å². The van der Waals surface area contributed by atoms with Crippen LogP contribution in [0.4, 0.5) is 4.79 Å². The van der Waals surface area contributed by atoms with Gasteiger partial charge >= 0.3 is 6.03 Å². The third kappa shape index (κ3) is 6.51. The lowest BCUT2D eigenvalue weighted by Crippen LogP contribution is -2.49. The zero-order valence-electron chi connectivity index (χ0n) is 21.1. The van der Waals surface area contributed by atoms with Crippen LogP contribution >= 0.6 is 0 Å². The summed E-state index contributed by atoms with van der Waals surface area (Å²) in [6.07, 6.45) is 10.0. The number of rotatable bonds is 5. The fourth-order valence-corrected chi connectivity index (χ4v) is 5.51. The molecule has 0 unspecified atom stereocenters. The Hall–Kier alpha value is -2.68. The average Bonchev–Trinajstić information content (AvgIpc) is 3.06. The Morgan fingerprint density at radius 2 is 1.69 bits per heavy atom. The molecular formula is C26H39N5O4. The molecule has 1 saturated carbocycles. The van der Waals surface area contributed by atoms with Crippen molar-refractivity contribution in [1.29, 1.82) is 0 Å². The summed E-state index contributed by atoms with van der Waals surface area (Å²) in [5.41, 5.74) is 1.02. The number of urea groups is 1. The van der Waals surface area contributed by atoms with Crippen molar-refractivity contribution in [2.24, 2.45) is 5.92 Å². The summed E-state index contributed by atoms with van der Waals surface area (Å²) in [6, 6.07) is 4.06. The van der Waals surface area contributed by atoms with Crippen LogP contribution in [0.25, 0.3) is 0 Å². The quantitative estimate of drug-likeness (QED) is 0.639. The van der Waals surface area contributed by atoms with E-state index >= 15 is 0 Å². The van der Waals surface area contributed by atoms with Crippen molar-refractivity contribution in [1.82, 2.24) is 24.6 Å². The van der Waals surface area contributed by atoms with Gasteiger partial charge in [-0.3, -0.25) is 14.6 Å². The lowest BCUT2D eigenvalue weighted by Gasteiger charge is -2.35. The minimum Gasteiger partial charge on any atom is -0.370 e. The molecular weight excluding hydrogens is 446 g/mol. The van der Waals surface area contributed by atoms with Gasteiger partial charge in [0.1, 0.15) is 0 Å². The average molecular weight is 486 g/mol. The summed E-state index contributed by atoms with van der Waals surface area (Å²) in [5.74, 6) is -0.130. The predicted molar refractivity (Wildman–Crippen MR) is 131 cm³/mol. The predicted octanol–water partition coefficient (Wildman–Crippen LogP) is 2.36. The lowest BCUT2D eigenvalue weighted by atomic mass is 9.94. The summed E-state index contributed by atoms with van der Waals surface area (Å²) in [6.45, 7) is 2.59. The molecule has 35 heavy (non-hydrogen) atoms. The van der Waals surface area contributed by atoms with E-state index in [4.69, 9.17) is 4.74 Å². The number of likely N-dealkylation sites (tertiary alicyclic amines) is 1. The maximum atomic E-state index is 13.5. The highest BCUT2D eigenvalue weighted by Gasteiger charge is 2.38. The third-order valence-electron chi connectivity index (χ3n) is 7.53. The van der Waals surface area contributed by atoms with E-state index in [0.29, 0.717) is 45.6 Å². The Labute approximate surface area is 208 Å². The van der Waals surface area contributed by atoms with E-state index in [-0.39, 0.29) is 42.5 Å². The van der Waals surface area contributed by atoms with Crippen LogP contribution < -0.4 is 0 Å². The molecule has 3 heterocycles. The zero-order chi connectivity index (χ0) is 24.8. The van der Waals surface area contributed by atoms with Crippen molar-refractivity contribution >= 4 is 17.8 Å². The first kappa shape index (κ1) is 25.4. The molecule has 9 nitrogen and oxygen atoms in total. The van der Waals surface area contributed by atoms with Gasteiger partial charge in [-0.2, -0.15) is 0 Å². The van der Waals surface area contributed by atoms with Crippen LogP contribution in [0.2, 0.25) is 0 Å². The first-order valence-corrected chi connectivity index (χ1v) is 13.0. The van der Waals surface area contributed by atoms with Crippen LogP contribution in [-0.4, -0.2) is 101 Å². The Balaban J connectivity index is 1.43. The fraction of sp³-hybridized carbons (Fsp3) is 0.692. The normalized spacial score (nSPS) is 22.7. The molecule has 0 N–H and O–H groups in total. The number of hydrogen-bond acceptors (Lipinski definition) is 5. The van der Waals surface area contributed by atoms with Crippen LogP contribution in [0.3, 0.4) is 0 Å². The van der Waals surface area contributed by atoms with Gasteiger partial charge in [0, 0.05) is 64.6 Å². The number of ether oxygens (including phenoxy) is 1. The summed E-state index contributed by atoms with van der Waals surface area (Å²) >= 11 is 0. The number of carbonyl (C=O) groups is 3. The topological polar surface area (TPSA) is 86.3 Å². The van der Waals surface area contributed by atoms with Crippen LogP contribution in [0.1, 0.15) is 50.5 Å². The largest absolute Gasteiger partial charge is 0.370 e. The van der Waals surface area contributed by atoms with E-state index < -0.39 is 0 Å². The van der Waals surface area contributed by atoms with Gasteiger partial charge in [-0.25, -0.2) is 4.79 Å². The van der Waals surface area contributed by atoms with Gasteiger partial charge in [0.15, 0.2) is 0 Å². The van der Waals surface area contributed by atoms with E-state index in [1.165, 1.54) is 6.42 Å². The van der Waals surface area contributed by atoms with Crippen molar-refractivity contribution in [3.05, 3.63) is 30.1 Å². The Kier molecular flexibility index (Phi) is 8.59. The van der Waals surface area contributed by atoms with Crippen molar-refractivity contribution in [2.45, 2.75) is 63.7 Å². The fourth-order valence-electron chi connectivity index (χ4n) is 5.51. The van der Waals surface area contributed by atoms with Gasteiger partial charge in [0.2, 0.25) is 11.8 Å². The Bertz CT molecular complexity index is 866. The van der Waals surface area contributed by atoms with Crippen LogP contribution in [-0.2, 0) is 20.9 Å². The van der Waals surface area contributed by atoms with Gasteiger partial charge in [-0.15, -0.1) is 0 Å². The highest BCUT2D eigenvalue weighted by molar-refractivity contribution is 5.87. The minimum absolute atomic E-state index is 0.0123. The second-order valence-electron chi connectivity index (χ2n) is 10.3. The summed E-state index contributed by atoms with van der Waals surface area (Å²) in [5, 5.41) is 0. The van der Waals surface area contributed by atoms with E-state index in [0.717, 1.165) is 31.2 Å². The Morgan fingerprint density at radius 3 is 2.34 bits per heavy atom. The monoisotopic (exact) mass is 485 g/mol. The second kappa shape index (κ2) is 11.8. The number of carbonyl (C=O) groups excluding carboxylic acids is 3. The van der Waals surface area contributed by atoms with E-state index in [1.54, 1.807) is 41.2 Å². The van der Waals surface area contributed by atoms with E-state index in [1.807, 2.05) is 17.0 Å². The first-order valence-electron chi connectivity index (χ1n) is 13.0. The van der Waals surface area contributed by atoms with Crippen LogP contribution in [0.5, 0.6) is 0 Å². The molecule has 0 aromatic carbocycles. The van der Waals surface area contributed by atoms with E-state index in [2.05, 4.69) is 4.98 Å². The summed E-state index contributed by atoms with van der Waals surface area (Å²) < 4.78 is 6.29. The number of hydrogen-bond donors (Lipinski definition) is 0. The number of amides is 4. The smallest absolute Gasteiger partial charge is 0.319 e. The molecule has 2 saturated heterocycles. The van der Waals surface area contributed by atoms with Gasteiger partial charge in [0.05, 0.1) is 19.3 Å². The molecule has 2 aliphatic heterocycles. The number of piperidine rings is 1. The van der Waals surface area contributed by atoms with Crippen LogP contribution in [0.15, 0.2) is 24.5 Å². The van der Waals surface area contributed by atoms with Crippen molar-refractivity contribution < 1.29 is 19.1 Å². The molecule has 4 amide bonds. The lowest BCUT2D eigenvalue weighted by molar-refractivity contribution is -0.143.